The van der Waals surface area contributed by atoms with E-state index in [1.807, 2.05) is 38.1 Å². The molecule has 1 rings (SSSR count). The summed E-state index contributed by atoms with van der Waals surface area (Å²) in [4.78, 5) is 22.9. The smallest absolute Gasteiger partial charge is 0.326 e. The number of nitrogens with one attached hydrogen (secondary N) is 1. The van der Waals surface area contributed by atoms with E-state index < -0.39 is 12.0 Å². The number of benzene rings is 1. The van der Waals surface area contributed by atoms with E-state index in [4.69, 9.17) is 5.11 Å². The zero-order chi connectivity index (χ0) is 14.3. The molecule has 4 heteroatoms. The van der Waals surface area contributed by atoms with Crippen LogP contribution >= 0.6 is 0 Å². The highest BCUT2D eigenvalue weighted by Crippen LogP contribution is 2.08. The third kappa shape index (κ3) is 5.12. The van der Waals surface area contributed by atoms with E-state index in [9.17, 15) is 9.59 Å². The first-order valence-corrected chi connectivity index (χ1v) is 6.61. The van der Waals surface area contributed by atoms with Gasteiger partial charge < -0.3 is 10.4 Å². The molecule has 0 aliphatic heterocycles. The number of aliphatic carboxylic acids is 1. The first-order valence-electron chi connectivity index (χ1n) is 6.61. The summed E-state index contributed by atoms with van der Waals surface area (Å²) >= 11 is 0. The van der Waals surface area contributed by atoms with Crippen LogP contribution in [0.1, 0.15) is 37.3 Å². The summed E-state index contributed by atoms with van der Waals surface area (Å²) in [5.41, 5.74) is 1.97. The Labute approximate surface area is 113 Å². The molecule has 1 amide bonds. The van der Waals surface area contributed by atoms with Crippen LogP contribution in [0.25, 0.3) is 0 Å². The fourth-order valence-corrected chi connectivity index (χ4v) is 1.89. The summed E-state index contributed by atoms with van der Waals surface area (Å²) in [7, 11) is 0. The van der Waals surface area contributed by atoms with Crippen LogP contribution in [-0.4, -0.2) is 23.0 Å². The predicted octanol–water partition coefficient (Wildman–Crippen LogP) is 2.30. The lowest BCUT2D eigenvalue weighted by molar-refractivity contribution is -0.142. The van der Waals surface area contributed by atoms with Crippen molar-refractivity contribution in [3.05, 3.63) is 35.4 Å². The molecule has 0 fully saturated rings. The maximum atomic E-state index is 11.9. The van der Waals surface area contributed by atoms with Gasteiger partial charge in [-0.05, 0) is 24.5 Å². The molecule has 0 saturated heterocycles. The Bertz CT molecular complexity index is 443. The maximum absolute atomic E-state index is 11.9. The molecule has 2 N–H and O–H groups in total. The van der Waals surface area contributed by atoms with Crippen LogP contribution in [0.4, 0.5) is 0 Å². The van der Waals surface area contributed by atoms with Crippen molar-refractivity contribution in [3.8, 4) is 0 Å². The van der Waals surface area contributed by atoms with Crippen LogP contribution in [0.2, 0.25) is 0 Å². The number of carbonyl (C=O) groups excluding carboxylic acids is 1. The normalized spacial score (nSPS) is 11.9. The number of carboxylic acids is 1. The van der Waals surface area contributed by atoms with E-state index in [2.05, 4.69) is 5.32 Å². The minimum Gasteiger partial charge on any atom is -0.480 e. The predicted molar refractivity (Wildman–Crippen MR) is 74.0 cm³/mol. The third-order valence-corrected chi connectivity index (χ3v) is 3.09. The van der Waals surface area contributed by atoms with Crippen molar-refractivity contribution in [2.24, 2.45) is 0 Å². The Morgan fingerprint density at radius 3 is 2.58 bits per heavy atom. The molecule has 0 aliphatic carbocycles. The number of rotatable bonds is 7. The van der Waals surface area contributed by atoms with Gasteiger partial charge >= 0.3 is 5.97 Å². The van der Waals surface area contributed by atoms with E-state index in [1.165, 1.54) is 0 Å². The Hall–Kier alpha value is -1.84. The molecule has 0 bridgehead atoms. The summed E-state index contributed by atoms with van der Waals surface area (Å²) in [6.07, 6.45) is 2.41. The second-order valence-corrected chi connectivity index (χ2v) is 4.70. The van der Waals surface area contributed by atoms with Crippen LogP contribution in [0, 0.1) is 6.92 Å². The highest BCUT2D eigenvalue weighted by Gasteiger charge is 2.19. The quantitative estimate of drug-likeness (QED) is 0.793. The van der Waals surface area contributed by atoms with Gasteiger partial charge in [0.25, 0.3) is 0 Å². The summed E-state index contributed by atoms with van der Waals surface area (Å²) in [5.74, 6) is -1.20. The van der Waals surface area contributed by atoms with Gasteiger partial charge in [-0.15, -0.1) is 0 Å². The second-order valence-electron chi connectivity index (χ2n) is 4.70. The molecule has 0 spiro atoms. The molecule has 4 nitrogen and oxygen atoms in total. The average Bonchev–Trinajstić information content (AvgIpc) is 2.37. The number of unbranched alkanes of at least 4 members (excludes halogenated alkanes) is 1. The number of amides is 1. The van der Waals surface area contributed by atoms with Crippen LogP contribution in [-0.2, 0) is 16.0 Å². The average molecular weight is 263 g/mol. The van der Waals surface area contributed by atoms with Gasteiger partial charge in [-0.1, -0.05) is 44.0 Å². The maximum Gasteiger partial charge on any atom is 0.326 e. The highest BCUT2D eigenvalue weighted by atomic mass is 16.4. The number of aryl methyl sites for hydroxylation is 1. The van der Waals surface area contributed by atoms with Crippen LogP contribution in [0.3, 0.4) is 0 Å². The van der Waals surface area contributed by atoms with Gasteiger partial charge in [0.2, 0.25) is 5.91 Å². The van der Waals surface area contributed by atoms with Crippen LogP contribution < -0.4 is 5.32 Å². The summed E-state index contributed by atoms with van der Waals surface area (Å²) in [6, 6.07) is 6.83. The van der Waals surface area contributed by atoms with Crippen molar-refractivity contribution in [3.63, 3.8) is 0 Å². The van der Waals surface area contributed by atoms with Gasteiger partial charge in [0.1, 0.15) is 6.04 Å². The first-order chi connectivity index (χ1) is 9.04. The lowest BCUT2D eigenvalue weighted by Gasteiger charge is -2.14. The molecule has 19 heavy (non-hydrogen) atoms. The molecular weight excluding hydrogens is 242 g/mol. The lowest BCUT2D eigenvalue weighted by atomic mass is 10.0. The number of carbonyl (C=O) groups is 2. The molecule has 0 unspecified atom stereocenters. The minimum atomic E-state index is -0.966. The Morgan fingerprint density at radius 2 is 2.00 bits per heavy atom. The first kappa shape index (κ1) is 15.2. The molecule has 104 valence electrons. The monoisotopic (exact) mass is 263 g/mol. The van der Waals surface area contributed by atoms with Gasteiger partial charge in [0.15, 0.2) is 0 Å². The highest BCUT2D eigenvalue weighted by molar-refractivity contribution is 5.85. The summed E-state index contributed by atoms with van der Waals surface area (Å²) < 4.78 is 0. The fourth-order valence-electron chi connectivity index (χ4n) is 1.89. The van der Waals surface area contributed by atoms with Gasteiger partial charge in [0.05, 0.1) is 6.42 Å². The molecule has 1 aromatic rings. The topological polar surface area (TPSA) is 66.4 Å². The summed E-state index contributed by atoms with van der Waals surface area (Å²) in [5, 5.41) is 11.6. The van der Waals surface area contributed by atoms with E-state index in [0.717, 1.165) is 24.0 Å². The van der Waals surface area contributed by atoms with Crippen LogP contribution in [0.5, 0.6) is 0 Å². The van der Waals surface area contributed by atoms with E-state index >= 15 is 0 Å². The Balaban J connectivity index is 2.58. The zero-order valence-electron chi connectivity index (χ0n) is 11.5. The van der Waals surface area contributed by atoms with Crippen molar-refractivity contribution in [2.75, 3.05) is 0 Å². The standard InChI is InChI=1S/C15H21NO3/c1-3-4-9-13(15(18)19)16-14(17)10-12-8-6-5-7-11(12)2/h5-8,13H,3-4,9-10H2,1-2H3,(H,16,17)(H,18,19)/t13-/m0/s1. The molecular formula is C15H21NO3. The number of hydrogen-bond acceptors (Lipinski definition) is 2. The van der Waals surface area contributed by atoms with Crippen molar-refractivity contribution in [1.82, 2.24) is 5.32 Å². The van der Waals surface area contributed by atoms with Gasteiger partial charge in [-0.2, -0.15) is 0 Å². The molecule has 1 aromatic carbocycles. The van der Waals surface area contributed by atoms with Gasteiger partial charge in [-0.3, -0.25) is 4.79 Å². The van der Waals surface area contributed by atoms with Gasteiger partial charge in [-0.25, -0.2) is 4.79 Å². The van der Waals surface area contributed by atoms with Crippen LogP contribution in [0.15, 0.2) is 24.3 Å². The van der Waals surface area contributed by atoms with Crippen molar-refractivity contribution in [1.29, 1.82) is 0 Å². The Morgan fingerprint density at radius 1 is 1.32 bits per heavy atom. The van der Waals surface area contributed by atoms with E-state index in [-0.39, 0.29) is 12.3 Å². The van der Waals surface area contributed by atoms with E-state index in [0.29, 0.717) is 6.42 Å². The molecule has 1 atom stereocenters. The van der Waals surface area contributed by atoms with Crippen molar-refractivity contribution in [2.45, 2.75) is 45.6 Å². The number of carboxylic acid groups (broad SMARTS) is 1. The second kappa shape index (κ2) is 7.56. The molecule has 0 aliphatic rings. The minimum absolute atomic E-state index is 0.225. The largest absolute Gasteiger partial charge is 0.480 e. The fraction of sp³-hybridized carbons (Fsp3) is 0.467. The van der Waals surface area contributed by atoms with Crippen molar-refractivity contribution < 1.29 is 14.7 Å². The summed E-state index contributed by atoms with van der Waals surface area (Å²) in [6.45, 7) is 3.93. The number of hydrogen-bond donors (Lipinski definition) is 2. The van der Waals surface area contributed by atoms with E-state index in [1.54, 1.807) is 0 Å². The molecule has 0 aromatic heterocycles. The zero-order valence-corrected chi connectivity index (χ0v) is 11.5. The molecule has 0 heterocycles. The third-order valence-electron chi connectivity index (χ3n) is 3.09. The Kier molecular flexibility index (Phi) is 6.06. The van der Waals surface area contributed by atoms with Gasteiger partial charge in [0, 0.05) is 0 Å². The lowest BCUT2D eigenvalue weighted by Crippen LogP contribution is -2.41. The molecule has 0 radical (unpaired) electrons. The SMILES string of the molecule is CCCC[C@H](NC(=O)Cc1ccccc1C)C(=O)O. The molecule has 0 saturated carbocycles. The van der Waals surface area contributed by atoms with Crippen molar-refractivity contribution >= 4 is 11.9 Å².